The van der Waals surface area contributed by atoms with E-state index in [1.54, 1.807) is 19.2 Å². The van der Waals surface area contributed by atoms with Crippen molar-refractivity contribution in [3.63, 3.8) is 0 Å². The first-order chi connectivity index (χ1) is 13.2. The highest BCUT2D eigenvalue weighted by Crippen LogP contribution is 2.43. The van der Waals surface area contributed by atoms with E-state index < -0.39 is 0 Å². The number of hydrogen-bond acceptors (Lipinski definition) is 3. The van der Waals surface area contributed by atoms with Gasteiger partial charge in [-0.2, -0.15) is 0 Å². The van der Waals surface area contributed by atoms with E-state index in [4.69, 9.17) is 0 Å². The molecule has 6 nitrogen and oxygen atoms in total. The van der Waals surface area contributed by atoms with E-state index in [-0.39, 0.29) is 35.2 Å². The van der Waals surface area contributed by atoms with Gasteiger partial charge >= 0.3 is 0 Å². The third kappa shape index (κ3) is 4.11. The summed E-state index contributed by atoms with van der Waals surface area (Å²) < 4.78 is 15.2. The Kier molecular flexibility index (Phi) is 6.48. The molecule has 0 amide bonds. The second-order valence-electron chi connectivity index (χ2n) is 6.97. The standard InChI is InChI=1S/C20H23FN6.HI/c1-22-19(23-13-18-26-25-17-5-2-3-12-27(17)18)24-14-20(10-4-11-20)15-6-8-16(21)9-7-15;/h2-3,5-9,12H,4,10-11,13-14H2,1H3,(H2,22,23,24);1H. The molecule has 0 saturated heterocycles. The number of aliphatic imine (C=N–C) groups is 1. The molecule has 0 bridgehead atoms. The van der Waals surface area contributed by atoms with Gasteiger partial charge in [0.15, 0.2) is 17.4 Å². The first-order valence-electron chi connectivity index (χ1n) is 9.19. The molecule has 0 atom stereocenters. The van der Waals surface area contributed by atoms with Crippen molar-refractivity contribution in [1.82, 2.24) is 25.2 Å². The number of halogens is 2. The topological polar surface area (TPSA) is 66.6 Å². The highest BCUT2D eigenvalue weighted by Gasteiger charge is 2.38. The maximum atomic E-state index is 13.3. The van der Waals surface area contributed by atoms with Gasteiger partial charge in [-0.25, -0.2) is 4.39 Å². The number of nitrogens with zero attached hydrogens (tertiary/aromatic N) is 4. The van der Waals surface area contributed by atoms with Crippen LogP contribution in [0.15, 0.2) is 53.7 Å². The lowest BCUT2D eigenvalue weighted by molar-refractivity contribution is 0.243. The summed E-state index contributed by atoms with van der Waals surface area (Å²) in [6.45, 7) is 1.29. The SMILES string of the molecule is CN=C(NCc1nnc2ccccn12)NCC1(c2ccc(F)cc2)CCC1.I. The molecule has 4 rings (SSSR count). The van der Waals surface area contributed by atoms with E-state index in [1.807, 2.05) is 40.9 Å². The second kappa shape index (κ2) is 8.85. The Morgan fingerprint density at radius 1 is 1.14 bits per heavy atom. The Balaban J connectivity index is 0.00000225. The maximum absolute atomic E-state index is 13.3. The van der Waals surface area contributed by atoms with Crippen molar-refractivity contribution >= 4 is 35.6 Å². The molecule has 0 radical (unpaired) electrons. The van der Waals surface area contributed by atoms with Crippen molar-refractivity contribution in [3.8, 4) is 0 Å². The summed E-state index contributed by atoms with van der Waals surface area (Å²) >= 11 is 0. The molecule has 148 valence electrons. The fourth-order valence-electron chi connectivity index (χ4n) is 3.62. The van der Waals surface area contributed by atoms with E-state index in [2.05, 4.69) is 25.8 Å². The van der Waals surface area contributed by atoms with Gasteiger partial charge in [-0.05, 0) is 42.7 Å². The van der Waals surface area contributed by atoms with Crippen molar-refractivity contribution < 1.29 is 4.39 Å². The molecule has 1 fully saturated rings. The summed E-state index contributed by atoms with van der Waals surface area (Å²) in [6, 6.07) is 12.7. The van der Waals surface area contributed by atoms with Crippen LogP contribution in [-0.4, -0.2) is 34.2 Å². The minimum absolute atomic E-state index is 0. The molecule has 28 heavy (non-hydrogen) atoms. The van der Waals surface area contributed by atoms with Gasteiger partial charge in [0, 0.05) is 25.2 Å². The average Bonchev–Trinajstić information content (AvgIpc) is 3.08. The molecular weight excluding hydrogens is 470 g/mol. The third-order valence-electron chi connectivity index (χ3n) is 5.38. The van der Waals surface area contributed by atoms with Gasteiger partial charge < -0.3 is 10.6 Å². The predicted octanol–water partition coefficient (Wildman–Crippen LogP) is 3.27. The lowest BCUT2D eigenvalue weighted by Gasteiger charge is -2.43. The summed E-state index contributed by atoms with van der Waals surface area (Å²) in [4.78, 5) is 4.31. The van der Waals surface area contributed by atoms with Crippen LogP contribution in [-0.2, 0) is 12.0 Å². The molecule has 1 aliphatic carbocycles. The number of fused-ring (bicyclic) bond motifs is 1. The van der Waals surface area contributed by atoms with Gasteiger partial charge in [-0.1, -0.05) is 24.6 Å². The zero-order valence-corrected chi connectivity index (χ0v) is 18.1. The zero-order valence-electron chi connectivity index (χ0n) is 15.7. The molecule has 8 heteroatoms. The van der Waals surface area contributed by atoms with Gasteiger partial charge in [0.1, 0.15) is 5.82 Å². The van der Waals surface area contributed by atoms with Crippen molar-refractivity contribution in [1.29, 1.82) is 0 Å². The molecule has 2 N–H and O–H groups in total. The van der Waals surface area contributed by atoms with Crippen LogP contribution in [0.2, 0.25) is 0 Å². The number of pyridine rings is 1. The number of guanidine groups is 1. The lowest BCUT2D eigenvalue weighted by Crippen LogP contribution is -2.48. The number of rotatable bonds is 5. The van der Waals surface area contributed by atoms with Crippen molar-refractivity contribution in [3.05, 3.63) is 65.9 Å². The predicted molar refractivity (Wildman–Crippen MR) is 119 cm³/mol. The van der Waals surface area contributed by atoms with E-state index in [0.29, 0.717) is 6.54 Å². The van der Waals surface area contributed by atoms with E-state index in [0.717, 1.165) is 36.8 Å². The summed E-state index contributed by atoms with van der Waals surface area (Å²) in [5.41, 5.74) is 2.05. The van der Waals surface area contributed by atoms with Crippen LogP contribution >= 0.6 is 24.0 Å². The molecule has 0 spiro atoms. The lowest BCUT2D eigenvalue weighted by atomic mass is 9.64. The Labute approximate surface area is 180 Å². The summed E-state index contributed by atoms with van der Waals surface area (Å²) in [7, 11) is 1.75. The molecule has 1 aliphatic rings. The van der Waals surface area contributed by atoms with Gasteiger partial charge in [0.05, 0.1) is 6.54 Å². The number of hydrogen-bond donors (Lipinski definition) is 2. The van der Waals surface area contributed by atoms with Gasteiger partial charge in [0.25, 0.3) is 0 Å². The molecule has 0 aliphatic heterocycles. The van der Waals surface area contributed by atoms with Crippen LogP contribution in [0.25, 0.3) is 5.65 Å². The number of benzene rings is 1. The normalized spacial score (nSPS) is 15.6. The van der Waals surface area contributed by atoms with Crippen molar-refractivity contribution in [2.75, 3.05) is 13.6 Å². The Morgan fingerprint density at radius 3 is 2.61 bits per heavy atom. The summed E-state index contributed by atoms with van der Waals surface area (Å²) in [5, 5.41) is 15.1. The third-order valence-corrected chi connectivity index (χ3v) is 5.38. The summed E-state index contributed by atoms with van der Waals surface area (Å²) in [5.74, 6) is 1.35. The van der Waals surface area contributed by atoms with Crippen LogP contribution in [0.3, 0.4) is 0 Å². The van der Waals surface area contributed by atoms with E-state index in [1.165, 1.54) is 12.0 Å². The van der Waals surface area contributed by atoms with Gasteiger partial charge in [0.2, 0.25) is 0 Å². The highest BCUT2D eigenvalue weighted by molar-refractivity contribution is 14.0. The Morgan fingerprint density at radius 2 is 1.93 bits per heavy atom. The fourth-order valence-corrected chi connectivity index (χ4v) is 3.62. The minimum atomic E-state index is -0.195. The Hall–Kier alpha value is -2.23. The van der Waals surface area contributed by atoms with Crippen LogP contribution in [0.5, 0.6) is 0 Å². The van der Waals surface area contributed by atoms with Gasteiger partial charge in [-0.3, -0.25) is 9.39 Å². The second-order valence-corrected chi connectivity index (χ2v) is 6.97. The quantitative estimate of drug-likeness (QED) is 0.325. The van der Waals surface area contributed by atoms with Crippen LogP contribution < -0.4 is 10.6 Å². The Bertz CT molecular complexity index is 949. The van der Waals surface area contributed by atoms with Crippen LogP contribution in [0, 0.1) is 5.82 Å². The average molecular weight is 494 g/mol. The first kappa shape index (κ1) is 20.5. The molecule has 1 saturated carbocycles. The molecule has 1 aromatic carbocycles. The van der Waals surface area contributed by atoms with Crippen LogP contribution in [0.4, 0.5) is 4.39 Å². The molecule has 2 aromatic heterocycles. The zero-order chi connectivity index (χ0) is 18.7. The van der Waals surface area contributed by atoms with E-state index >= 15 is 0 Å². The van der Waals surface area contributed by atoms with E-state index in [9.17, 15) is 4.39 Å². The monoisotopic (exact) mass is 494 g/mol. The largest absolute Gasteiger partial charge is 0.356 e. The number of nitrogens with one attached hydrogen (secondary N) is 2. The number of aromatic nitrogens is 3. The molecule has 2 heterocycles. The minimum Gasteiger partial charge on any atom is -0.356 e. The molecule has 0 unspecified atom stereocenters. The van der Waals surface area contributed by atoms with Crippen molar-refractivity contribution in [2.24, 2.45) is 4.99 Å². The molecule has 3 aromatic rings. The maximum Gasteiger partial charge on any atom is 0.191 e. The first-order valence-corrected chi connectivity index (χ1v) is 9.19. The summed E-state index contributed by atoms with van der Waals surface area (Å²) in [6.07, 6.45) is 5.33. The van der Waals surface area contributed by atoms with Gasteiger partial charge in [-0.15, -0.1) is 34.2 Å². The smallest absolute Gasteiger partial charge is 0.191 e. The fraction of sp³-hybridized carbons (Fsp3) is 0.350. The van der Waals surface area contributed by atoms with Crippen LogP contribution in [0.1, 0.15) is 30.7 Å². The molecular formula is C20H24FIN6. The highest BCUT2D eigenvalue weighted by atomic mass is 127. The van der Waals surface area contributed by atoms with Crippen molar-refractivity contribution in [2.45, 2.75) is 31.2 Å².